The average Bonchev–Trinajstić information content (AvgIpc) is 3.84. The summed E-state index contributed by atoms with van der Waals surface area (Å²) < 4.78 is 8.80. The Morgan fingerprint density at radius 3 is 1.87 bits per heavy atom. The highest BCUT2D eigenvalue weighted by Crippen LogP contribution is 2.42. The second-order valence-electron chi connectivity index (χ2n) is 14.0. The molecule has 0 aliphatic rings. The molecule has 2 aromatic heterocycles. The molecule has 2 heterocycles. The molecule has 4 nitrogen and oxygen atoms in total. The average molecular weight is 704 g/mol. The number of benzene rings is 9. The largest absolute Gasteiger partial charge is 0.435 e. The lowest BCUT2D eigenvalue weighted by Gasteiger charge is -2.26. The van der Waals surface area contributed by atoms with Gasteiger partial charge in [0.25, 0.3) is 0 Å². The third-order valence-electron chi connectivity index (χ3n) is 10.8. The normalized spacial score (nSPS) is 11.6. The summed E-state index contributed by atoms with van der Waals surface area (Å²) in [6.07, 6.45) is 0. The van der Waals surface area contributed by atoms with Gasteiger partial charge in [-0.2, -0.15) is 0 Å². The van der Waals surface area contributed by atoms with Crippen molar-refractivity contribution < 1.29 is 4.42 Å². The van der Waals surface area contributed by atoms with Crippen LogP contribution in [0, 0.1) is 0 Å². The fourth-order valence-corrected chi connectivity index (χ4v) is 8.12. The third kappa shape index (κ3) is 5.26. The maximum atomic E-state index is 6.42. The molecule has 0 amide bonds. The van der Waals surface area contributed by atoms with E-state index in [2.05, 4.69) is 179 Å². The first-order valence-corrected chi connectivity index (χ1v) is 18.6. The van der Waals surface area contributed by atoms with Crippen LogP contribution < -0.4 is 4.90 Å². The van der Waals surface area contributed by atoms with Gasteiger partial charge in [0.2, 0.25) is 5.89 Å². The van der Waals surface area contributed by atoms with Crippen molar-refractivity contribution in [3.8, 4) is 28.3 Å². The van der Waals surface area contributed by atoms with E-state index in [1.54, 1.807) is 0 Å². The number of rotatable bonds is 6. The van der Waals surface area contributed by atoms with Gasteiger partial charge in [-0.05, 0) is 112 Å². The van der Waals surface area contributed by atoms with Crippen LogP contribution in [0.4, 0.5) is 17.1 Å². The van der Waals surface area contributed by atoms with Gasteiger partial charge in [-0.25, -0.2) is 4.98 Å². The zero-order valence-corrected chi connectivity index (χ0v) is 29.8. The van der Waals surface area contributed by atoms with Crippen molar-refractivity contribution >= 4 is 71.5 Å². The van der Waals surface area contributed by atoms with Gasteiger partial charge < -0.3 is 13.9 Å². The standard InChI is InChI=1S/C51H33N3O/c1-3-12-36(13-4-1)51-52-47-30-23-39-32-42(26-28-44(39)50(47)55-51)53(41-24-21-35(22-25-41)38-20-19-34-11-7-8-14-37(34)31-38)43-27-29-46-45-17-9-10-18-48(45)54(49(46)33-43)40-15-5-2-6-16-40/h1-33H. The molecule has 4 heteroatoms. The molecule has 0 spiro atoms. The van der Waals surface area contributed by atoms with E-state index in [1.807, 2.05) is 30.3 Å². The van der Waals surface area contributed by atoms with Crippen LogP contribution in [0.25, 0.3) is 82.7 Å². The molecule has 11 aromatic rings. The van der Waals surface area contributed by atoms with Crippen molar-refractivity contribution in [1.29, 1.82) is 0 Å². The highest BCUT2D eigenvalue weighted by atomic mass is 16.3. The Balaban J connectivity index is 1.09. The number of hydrogen-bond acceptors (Lipinski definition) is 3. The molecule has 0 radical (unpaired) electrons. The van der Waals surface area contributed by atoms with Gasteiger partial charge in [0.05, 0.1) is 11.0 Å². The van der Waals surface area contributed by atoms with Gasteiger partial charge in [-0.15, -0.1) is 0 Å². The van der Waals surface area contributed by atoms with Crippen molar-refractivity contribution in [3.05, 3.63) is 200 Å². The molecule has 0 aliphatic carbocycles. The summed E-state index contributed by atoms with van der Waals surface area (Å²) in [5.74, 6) is 0.627. The number of nitrogens with zero attached hydrogens (tertiary/aromatic N) is 3. The van der Waals surface area contributed by atoms with Gasteiger partial charge in [0.15, 0.2) is 5.58 Å². The minimum absolute atomic E-state index is 0.627. The van der Waals surface area contributed by atoms with Crippen LogP contribution in [0.1, 0.15) is 0 Å². The summed E-state index contributed by atoms with van der Waals surface area (Å²) in [6, 6.07) is 71.2. The molecule has 0 aliphatic heterocycles. The topological polar surface area (TPSA) is 34.2 Å². The lowest BCUT2D eigenvalue weighted by atomic mass is 10.0. The van der Waals surface area contributed by atoms with Gasteiger partial charge >= 0.3 is 0 Å². The van der Waals surface area contributed by atoms with Gasteiger partial charge in [0, 0.05) is 44.5 Å². The molecule has 0 atom stereocenters. The molecule has 0 saturated carbocycles. The first-order valence-electron chi connectivity index (χ1n) is 18.6. The van der Waals surface area contributed by atoms with Crippen LogP contribution >= 0.6 is 0 Å². The molecule has 0 N–H and O–H groups in total. The first kappa shape index (κ1) is 31.1. The number of para-hydroxylation sites is 2. The second kappa shape index (κ2) is 12.6. The van der Waals surface area contributed by atoms with Crippen LogP contribution in [-0.4, -0.2) is 9.55 Å². The monoisotopic (exact) mass is 703 g/mol. The summed E-state index contributed by atoms with van der Waals surface area (Å²) >= 11 is 0. The van der Waals surface area contributed by atoms with E-state index in [9.17, 15) is 0 Å². The van der Waals surface area contributed by atoms with E-state index in [0.717, 1.165) is 55.7 Å². The van der Waals surface area contributed by atoms with E-state index in [4.69, 9.17) is 9.40 Å². The van der Waals surface area contributed by atoms with Gasteiger partial charge in [-0.3, -0.25) is 0 Å². The lowest BCUT2D eigenvalue weighted by molar-refractivity contribution is 0.623. The maximum Gasteiger partial charge on any atom is 0.227 e. The van der Waals surface area contributed by atoms with E-state index in [0.29, 0.717) is 5.89 Å². The molecule has 0 unspecified atom stereocenters. The Morgan fingerprint density at radius 1 is 0.400 bits per heavy atom. The first-order chi connectivity index (χ1) is 27.2. The molecule has 0 bridgehead atoms. The minimum atomic E-state index is 0.627. The van der Waals surface area contributed by atoms with Crippen LogP contribution in [0.2, 0.25) is 0 Å². The lowest BCUT2D eigenvalue weighted by Crippen LogP contribution is -2.10. The molecule has 9 aromatic carbocycles. The fraction of sp³-hybridized carbons (Fsp3) is 0. The van der Waals surface area contributed by atoms with Crippen molar-refractivity contribution in [2.45, 2.75) is 0 Å². The van der Waals surface area contributed by atoms with Crippen LogP contribution in [0.15, 0.2) is 205 Å². The zero-order valence-electron chi connectivity index (χ0n) is 29.8. The van der Waals surface area contributed by atoms with Crippen LogP contribution in [0.5, 0.6) is 0 Å². The maximum absolute atomic E-state index is 6.42. The highest BCUT2D eigenvalue weighted by molar-refractivity contribution is 6.11. The fourth-order valence-electron chi connectivity index (χ4n) is 8.12. The smallest absolute Gasteiger partial charge is 0.227 e. The number of oxazole rings is 1. The van der Waals surface area contributed by atoms with E-state index < -0.39 is 0 Å². The minimum Gasteiger partial charge on any atom is -0.435 e. The van der Waals surface area contributed by atoms with Gasteiger partial charge in [0.1, 0.15) is 5.52 Å². The van der Waals surface area contributed by atoms with Gasteiger partial charge in [-0.1, -0.05) is 115 Å². The molecular formula is C51H33N3O. The predicted octanol–water partition coefficient (Wildman–Crippen LogP) is 14.0. The Kier molecular flexibility index (Phi) is 7.14. The van der Waals surface area contributed by atoms with Crippen molar-refractivity contribution in [1.82, 2.24) is 9.55 Å². The van der Waals surface area contributed by atoms with E-state index in [-0.39, 0.29) is 0 Å². The highest BCUT2D eigenvalue weighted by Gasteiger charge is 2.19. The molecule has 11 rings (SSSR count). The van der Waals surface area contributed by atoms with Crippen molar-refractivity contribution in [2.75, 3.05) is 4.90 Å². The molecular weight excluding hydrogens is 671 g/mol. The summed E-state index contributed by atoms with van der Waals surface area (Å²) in [5, 5.41) is 7.04. The Labute approximate surface area is 317 Å². The Hall–Kier alpha value is -7.43. The van der Waals surface area contributed by atoms with Crippen LogP contribution in [-0.2, 0) is 0 Å². The molecule has 0 saturated heterocycles. The quantitative estimate of drug-likeness (QED) is 0.173. The zero-order chi connectivity index (χ0) is 36.3. The molecule has 0 fully saturated rings. The molecule has 55 heavy (non-hydrogen) atoms. The Bertz CT molecular complexity index is 3200. The number of fused-ring (bicyclic) bond motifs is 7. The summed E-state index contributed by atoms with van der Waals surface area (Å²) in [5.41, 5.74) is 11.6. The van der Waals surface area contributed by atoms with E-state index >= 15 is 0 Å². The van der Waals surface area contributed by atoms with E-state index in [1.165, 1.54) is 38.2 Å². The second-order valence-corrected chi connectivity index (χ2v) is 14.0. The SMILES string of the molecule is c1ccc(-c2nc3ccc4cc(N(c5ccc(-c6ccc7ccccc7c6)cc5)c5ccc6c7ccccc7n(-c7ccccc7)c6c5)ccc4c3o2)cc1. The summed E-state index contributed by atoms with van der Waals surface area (Å²) in [6.45, 7) is 0. The number of anilines is 3. The molecule has 258 valence electrons. The predicted molar refractivity (Wildman–Crippen MR) is 229 cm³/mol. The number of aromatic nitrogens is 2. The Morgan fingerprint density at radius 2 is 1.04 bits per heavy atom. The third-order valence-corrected chi connectivity index (χ3v) is 10.8. The summed E-state index contributed by atoms with van der Waals surface area (Å²) in [7, 11) is 0. The van der Waals surface area contributed by atoms with Crippen molar-refractivity contribution in [3.63, 3.8) is 0 Å². The summed E-state index contributed by atoms with van der Waals surface area (Å²) in [4.78, 5) is 7.19. The van der Waals surface area contributed by atoms with Crippen LogP contribution in [0.3, 0.4) is 0 Å². The van der Waals surface area contributed by atoms with Crippen molar-refractivity contribution in [2.24, 2.45) is 0 Å². The number of hydrogen-bond donors (Lipinski definition) is 0.